The van der Waals surface area contributed by atoms with E-state index in [0.29, 0.717) is 0 Å². The van der Waals surface area contributed by atoms with Crippen molar-refractivity contribution in [3.63, 3.8) is 0 Å². The molecular weight excluding hydrogens is 272 g/mol. The van der Waals surface area contributed by atoms with Crippen LogP contribution in [0.5, 0.6) is 0 Å². The second-order valence-electron chi connectivity index (χ2n) is 4.83. The monoisotopic (exact) mass is 286 g/mol. The number of hydrogen-bond donors (Lipinski definition) is 1. The molecule has 0 amide bonds. The highest BCUT2D eigenvalue weighted by molar-refractivity contribution is 7.12. The average Bonchev–Trinajstić information content (AvgIpc) is 2.94. The number of carboxylic acids is 1. The van der Waals surface area contributed by atoms with Crippen LogP contribution >= 0.6 is 11.3 Å². The third kappa shape index (κ3) is 2.20. The Morgan fingerprint density at radius 1 is 1.35 bits per heavy atom. The Morgan fingerprint density at radius 2 is 2.15 bits per heavy atom. The number of carboxylic acid groups (broad SMARTS) is 1. The number of aromatic carboxylic acids is 1. The Kier molecular flexibility index (Phi) is 3.06. The molecule has 0 aliphatic heterocycles. The van der Waals surface area contributed by atoms with Gasteiger partial charge in [-0.3, -0.25) is 0 Å². The summed E-state index contributed by atoms with van der Waals surface area (Å²) >= 11 is 1.79. The van der Waals surface area contributed by atoms with Gasteiger partial charge in [0.25, 0.3) is 0 Å². The van der Waals surface area contributed by atoms with E-state index in [9.17, 15) is 4.79 Å². The zero-order valence-corrected chi connectivity index (χ0v) is 12.1. The minimum absolute atomic E-state index is 0.269. The molecule has 102 valence electrons. The van der Waals surface area contributed by atoms with Crippen LogP contribution in [-0.4, -0.2) is 20.6 Å². The molecule has 4 nitrogen and oxygen atoms in total. The summed E-state index contributed by atoms with van der Waals surface area (Å²) in [4.78, 5) is 17.9. The Balaban J connectivity index is 1.98. The average molecular weight is 286 g/mol. The smallest absolute Gasteiger partial charge is 0.335 e. The van der Waals surface area contributed by atoms with Crippen LogP contribution in [0.3, 0.4) is 0 Å². The number of carbonyl (C=O) groups is 1. The van der Waals surface area contributed by atoms with Crippen LogP contribution in [0.2, 0.25) is 0 Å². The maximum absolute atomic E-state index is 10.9. The van der Waals surface area contributed by atoms with Crippen molar-refractivity contribution < 1.29 is 9.90 Å². The molecular formula is C15H14N2O2S. The van der Waals surface area contributed by atoms with Crippen LogP contribution in [-0.2, 0) is 6.54 Å². The normalized spacial score (nSPS) is 11.1. The van der Waals surface area contributed by atoms with Crippen LogP contribution in [0.4, 0.5) is 0 Å². The third-order valence-electron chi connectivity index (χ3n) is 3.41. The Hall–Kier alpha value is -2.14. The molecule has 0 fully saturated rings. The lowest BCUT2D eigenvalue weighted by Crippen LogP contribution is -1.98. The molecule has 0 bridgehead atoms. The highest BCUT2D eigenvalue weighted by Crippen LogP contribution is 2.23. The highest BCUT2D eigenvalue weighted by Gasteiger charge is 2.09. The minimum Gasteiger partial charge on any atom is -0.478 e. The number of rotatable bonds is 3. The minimum atomic E-state index is -0.925. The number of aromatic nitrogens is 2. The predicted octanol–water partition coefficient (Wildman–Crippen LogP) is 3.46. The van der Waals surface area contributed by atoms with E-state index in [1.54, 1.807) is 29.8 Å². The van der Waals surface area contributed by atoms with E-state index < -0.39 is 5.97 Å². The van der Waals surface area contributed by atoms with Gasteiger partial charge in [-0.25, -0.2) is 9.78 Å². The first-order valence-corrected chi connectivity index (χ1v) is 7.10. The molecule has 0 atom stereocenters. The largest absolute Gasteiger partial charge is 0.478 e. The van der Waals surface area contributed by atoms with Gasteiger partial charge in [0.05, 0.1) is 29.5 Å². The van der Waals surface area contributed by atoms with Gasteiger partial charge in [0.1, 0.15) is 0 Å². The van der Waals surface area contributed by atoms with Gasteiger partial charge in [0, 0.05) is 9.75 Å². The van der Waals surface area contributed by atoms with Gasteiger partial charge in [0.2, 0.25) is 0 Å². The number of thiophene rings is 1. The maximum atomic E-state index is 10.9. The van der Waals surface area contributed by atoms with Crippen molar-refractivity contribution in [3.05, 3.63) is 51.5 Å². The van der Waals surface area contributed by atoms with Crippen LogP contribution in [0.1, 0.15) is 25.7 Å². The summed E-state index contributed by atoms with van der Waals surface area (Å²) in [7, 11) is 0. The van der Waals surface area contributed by atoms with E-state index in [1.807, 2.05) is 10.6 Å². The van der Waals surface area contributed by atoms with Crippen molar-refractivity contribution in [1.82, 2.24) is 9.55 Å². The van der Waals surface area contributed by atoms with Crippen molar-refractivity contribution >= 4 is 28.3 Å². The number of imidazole rings is 1. The third-order valence-corrected chi connectivity index (χ3v) is 4.55. The standard InChI is InChI=1S/C15H14N2O2S/c1-9-5-12(20-10(9)2)7-17-8-16-13-6-11(15(18)19)3-4-14(13)17/h3-6,8H,7H2,1-2H3,(H,18,19). The fraction of sp³-hybridized carbons (Fsp3) is 0.200. The highest BCUT2D eigenvalue weighted by atomic mass is 32.1. The van der Waals surface area contributed by atoms with Gasteiger partial charge in [-0.15, -0.1) is 11.3 Å². The fourth-order valence-corrected chi connectivity index (χ4v) is 3.27. The molecule has 5 heteroatoms. The molecule has 0 radical (unpaired) electrons. The van der Waals surface area contributed by atoms with Gasteiger partial charge in [-0.1, -0.05) is 0 Å². The summed E-state index contributed by atoms with van der Waals surface area (Å²) in [5.41, 5.74) is 3.25. The van der Waals surface area contributed by atoms with Crippen LogP contribution < -0.4 is 0 Å². The first-order valence-electron chi connectivity index (χ1n) is 6.28. The molecule has 0 aliphatic carbocycles. The first kappa shape index (κ1) is 12.9. The van der Waals surface area contributed by atoms with E-state index in [-0.39, 0.29) is 5.56 Å². The van der Waals surface area contributed by atoms with E-state index >= 15 is 0 Å². The van der Waals surface area contributed by atoms with Crippen molar-refractivity contribution in [3.8, 4) is 0 Å². The Morgan fingerprint density at radius 3 is 2.80 bits per heavy atom. The molecule has 3 rings (SSSR count). The van der Waals surface area contributed by atoms with Gasteiger partial charge in [-0.2, -0.15) is 0 Å². The number of nitrogens with zero attached hydrogens (tertiary/aromatic N) is 2. The zero-order chi connectivity index (χ0) is 14.3. The summed E-state index contributed by atoms with van der Waals surface area (Å²) in [5.74, 6) is -0.925. The quantitative estimate of drug-likeness (QED) is 0.802. The summed E-state index contributed by atoms with van der Waals surface area (Å²) in [6.07, 6.45) is 1.76. The molecule has 1 aromatic carbocycles. The summed E-state index contributed by atoms with van der Waals surface area (Å²) in [6, 6.07) is 7.24. The molecule has 2 aromatic heterocycles. The number of fused-ring (bicyclic) bond motifs is 1. The number of hydrogen-bond acceptors (Lipinski definition) is 3. The first-order chi connectivity index (χ1) is 9.54. The second kappa shape index (κ2) is 4.76. The van der Waals surface area contributed by atoms with Crippen LogP contribution in [0, 0.1) is 13.8 Å². The van der Waals surface area contributed by atoms with Crippen LogP contribution in [0.15, 0.2) is 30.6 Å². The summed E-state index contributed by atoms with van der Waals surface area (Å²) < 4.78 is 2.05. The summed E-state index contributed by atoms with van der Waals surface area (Å²) in [5, 5.41) is 8.99. The van der Waals surface area contributed by atoms with Crippen molar-refractivity contribution in [2.75, 3.05) is 0 Å². The molecule has 0 saturated carbocycles. The lowest BCUT2D eigenvalue weighted by atomic mass is 10.2. The van der Waals surface area contributed by atoms with Gasteiger partial charge in [0.15, 0.2) is 0 Å². The molecule has 0 aliphatic rings. The van der Waals surface area contributed by atoms with Crippen molar-refractivity contribution in [1.29, 1.82) is 0 Å². The molecule has 20 heavy (non-hydrogen) atoms. The summed E-state index contributed by atoms with van der Waals surface area (Å²) in [6.45, 7) is 5.00. The van der Waals surface area contributed by atoms with Gasteiger partial charge < -0.3 is 9.67 Å². The molecule has 0 unspecified atom stereocenters. The maximum Gasteiger partial charge on any atom is 0.335 e. The molecule has 0 spiro atoms. The molecule has 2 heterocycles. The molecule has 0 saturated heterocycles. The molecule has 3 aromatic rings. The van der Waals surface area contributed by atoms with Crippen molar-refractivity contribution in [2.24, 2.45) is 0 Å². The van der Waals surface area contributed by atoms with Gasteiger partial charge in [-0.05, 0) is 43.7 Å². The lowest BCUT2D eigenvalue weighted by Gasteiger charge is -2.02. The van der Waals surface area contributed by atoms with Crippen molar-refractivity contribution in [2.45, 2.75) is 20.4 Å². The fourth-order valence-electron chi connectivity index (χ4n) is 2.22. The van der Waals surface area contributed by atoms with Gasteiger partial charge >= 0.3 is 5.97 Å². The van der Waals surface area contributed by atoms with E-state index in [1.165, 1.54) is 15.3 Å². The SMILES string of the molecule is Cc1cc(Cn2cnc3cc(C(=O)O)ccc32)sc1C. The second-order valence-corrected chi connectivity index (χ2v) is 6.17. The lowest BCUT2D eigenvalue weighted by molar-refractivity contribution is 0.0697. The topological polar surface area (TPSA) is 55.1 Å². The van der Waals surface area contributed by atoms with E-state index in [4.69, 9.17) is 5.11 Å². The van der Waals surface area contributed by atoms with E-state index in [2.05, 4.69) is 24.9 Å². The molecule has 1 N–H and O–H groups in total. The number of benzene rings is 1. The number of aryl methyl sites for hydroxylation is 2. The predicted molar refractivity (Wildman–Crippen MR) is 79.6 cm³/mol. The Bertz CT molecular complexity index is 782. The van der Waals surface area contributed by atoms with Crippen LogP contribution in [0.25, 0.3) is 11.0 Å². The van der Waals surface area contributed by atoms with E-state index in [0.717, 1.165) is 17.6 Å². The zero-order valence-electron chi connectivity index (χ0n) is 11.3. The Labute approximate surface area is 120 Å².